The first-order valence-corrected chi connectivity index (χ1v) is 13.2. The Kier molecular flexibility index (Phi) is 9.14. The normalized spacial score (nSPS) is 15.6. The molecule has 2 N–H and O–H groups in total. The average Bonchev–Trinajstić information content (AvgIpc) is 3.41. The molecule has 3 aromatic carbocycles. The van der Waals surface area contributed by atoms with Crippen molar-refractivity contribution in [2.75, 3.05) is 18.9 Å². The number of para-hydroxylation sites is 1. The Labute approximate surface area is 228 Å². The van der Waals surface area contributed by atoms with Crippen LogP contribution in [0.4, 0.5) is 5.69 Å². The summed E-state index contributed by atoms with van der Waals surface area (Å²) in [6.07, 6.45) is 1.88. The summed E-state index contributed by atoms with van der Waals surface area (Å²) in [5, 5.41) is 7.22. The highest BCUT2D eigenvalue weighted by molar-refractivity contribution is 7.80. The van der Waals surface area contributed by atoms with Crippen molar-refractivity contribution in [3.05, 3.63) is 101 Å². The smallest absolute Gasteiger partial charge is 0.245 e. The molecule has 0 aliphatic carbocycles. The van der Waals surface area contributed by atoms with E-state index in [2.05, 4.69) is 10.6 Å². The SMILES string of the molecule is CN(Cc1ccccc1)C(=O)[C@@H](Cc1ccccc1)NC(=O)[C@H]1CCCN1C(=S)Nc1ccccc1Cl. The van der Waals surface area contributed by atoms with Gasteiger partial charge < -0.3 is 20.4 Å². The molecule has 1 aliphatic rings. The summed E-state index contributed by atoms with van der Waals surface area (Å²) in [4.78, 5) is 30.6. The van der Waals surface area contributed by atoms with Crippen LogP contribution >= 0.6 is 23.8 Å². The predicted octanol–water partition coefficient (Wildman–Crippen LogP) is 4.89. The number of halogens is 1. The molecular formula is C29H31ClN4O2S. The first-order valence-electron chi connectivity index (χ1n) is 12.4. The van der Waals surface area contributed by atoms with Gasteiger partial charge >= 0.3 is 0 Å². The van der Waals surface area contributed by atoms with Gasteiger partial charge in [0.15, 0.2) is 5.11 Å². The van der Waals surface area contributed by atoms with Crippen molar-refractivity contribution in [2.45, 2.75) is 37.9 Å². The van der Waals surface area contributed by atoms with Crippen molar-refractivity contribution in [1.29, 1.82) is 0 Å². The van der Waals surface area contributed by atoms with Gasteiger partial charge in [-0.05, 0) is 48.3 Å². The van der Waals surface area contributed by atoms with Gasteiger partial charge in [-0.2, -0.15) is 0 Å². The molecule has 1 aliphatic heterocycles. The Morgan fingerprint density at radius 2 is 1.62 bits per heavy atom. The van der Waals surface area contributed by atoms with E-state index in [9.17, 15) is 9.59 Å². The monoisotopic (exact) mass is 534 g/mol. The molecule has 1 heterocycles. The number of hydrogen-bond acceptors (Lipinski definition) is 3. The molecular weight excluding hydrogens is 504 g/mol. The number of amides is 2. The lowest BCUT2D eigenvalue weighted by atomic mass is 10.0. The highest BCUT2D eigenvalue weighted by Crippen LogP contribution is 2.24. The van der Waals surface area contributed by atoms with Gasteiger partial charge in [0.05, 0.1) is 10.7 Å². The van der Waals surface area contributed by atoms with Gasteiger partial charge in [0.1, 0.15) is 12.1 Å². The predicted molar refractivity (Wildman–Crippen MR) is 152 cm³/mol. The van der Waals surface area contributed by atoms with E-state index >= 15 is 0 Å². The number of carbonyl (C=O) groups is 2. The second-order valence-electron chi connectivity index (χ2n) is 9.19. The second-order valence-corrected chi connectivity index (χ2v) is 9.99. The number of carbonyl (C=O) groups excluding carboxylic acids is 2. The number of nitrogens with zero attached hydrogens (tertiary/aromatic N) is 2. The Bertz CT molecular complexity index is 1220. The fourth-order valence-corrected chi connectivity index (χ4v) is 5.06. The lowest BCUT2D eigenvalue weighted by Crippen LogP contribution is -2.54. The number of anilines is 1. The van der Waals surface area contributed by atoms with Crippen LogP contribution in [-0.2, 0) is 22.6 Å². The summed E-state index contributed by atoms with van der Waals surface area (Å²) in [6, 6.07) is 25.7. The minimum Gasteiger partial charge on any atom is -0.342 e. The number of likely N-dealkylation sites (tertiary alicyclic amines) is 1. The summed E-state index contributed by atoms with van der Waals surface area (Å²) in [5.41, 5.74) is 2.70. The zero-order valence-electron chi connectivity index (χ0n) is 20.8. The fraction of sp³-hybridized carbons (Fsp3) is 0.276. The maximum absolute atomic E-state index is 13.5. The Morgan fingerprint density at radius 3 is 2.30 bits per heavy atom. The van der Waals surface area contributed by atoms with Crippen molar-refractivity contribution >= 4 is 46.4 Å². The van der Waals surface area contributed by atoms with Gasteiger partial charge in [-0.1, -0.05) is 84.4 Å². The Hall–Kier alpha value is -3.42. The number of rotatable bonds is 8. The van der Waals surface area contributed by atoms with E-state index < -0.39 is 12.1 Å². The van der Waals surface area contributed by atoms with Gasteiger partial charge in [0.2, 0.25) is 11.8 Å². The standard InChI is InChI=1S/C29H31ClN4O2S/c1-33(20-22-13-6-3-7-14-22)28(36)25(19-21-11-4-2-5-12-21)31-27(35)26-17-10-18-34(26)29(37)32-24-16-9-8-15-23(24)30/h2-9,11-16,25-26H,10,17-20H2,1H3,(H,31,35)(H,32,37)/t25-,26-/m1/s1. The van der Waals surface area contributed by atoms with Crippen molar-refractivity contribution < 1.29 is 9.59 Å². The van der Waals surface area contributed by atoms with Crippen LogP contribution in [0, 0.1) is 0 Å². The number of benzene rings is 3. The molecule has 2 atom stereocenters. The summed E-state index contributed by atoms with van der Waals surface area (Å²) in [7, 11) is 1.77. The molecule has 0 bridgehead atoms. The molecule has 37 heavy (non-hydrogen) atoms. The zero-order chi connectivity index (χ0) is 26.2. The maximum Gasteiger partial charge on any atom is 0.245 e. The zero-order valence-corrected chi connectivity index (χ0v) is 22.3. The van der Waals surface area contributed by atoms with Crippen LogP contribution in [0.2, 0.25) is 5.02 Å². The average molecular weight is 535 g/mol. The van der Waals surface area contributed by atoms with E-state index in [1.807, 2.05) is 83.8 Å². The van der Waals surface area contributed by atoms with E-state index in [1.54, 1.807) is 18.0 Å². The molecule has 1 saturated heterocycles. The molecule has 2 amide bonds. The lowest BCUT2D eigenvalue weighted by Gasteiger charge is -2.30. The third-order valence-electron chi connectivity index (χ3n) is 6.47. The first-order chi connectivity index (χ1) is 17.9. The molecule has 0 saturated carbocycles. The Morgan fingerprint density at radius 1 is 1.00 bits per heavy atom. The minimum atomic E-state index is -0.698. The van der Waals surface area contributed by atoms with Crippen LogP contribution in [0.5, 0.6) is 0 Å². The molecule has 6 nitrogen and oxygen atoms in total. The van der Waals surface area contributed by atoms with Crippen LogP contribution in [0.1, 0.15) is 24.0 Å². The molecule has 3 aromatic rings. The van der Waals surface area contributed by atoms with Crippen LogP contribution in [-0.4, -0.2) is 52.4 Å². The molecule has 1 fully saturated rings. The van der Waals surface area contributed by atoms with E-state index in [0.29, 0.717) is 41.8 Å². The van der Waals surface area contributed by atoms with Gasteiger partial charge in [0, 0.05) is 26.6 Å². The van der Waals surface area contributed by atoms with Crippen molar-refractivity contribution in [1.82, 2.24) is 15.1 Å². The summed E-state index contributed by atoms with van der Waals surface area (Å²) >= 11 is 11.9. The number of likely N-dealkylation sites (N-methyl/N-ethyl adjacent to an activating group) is 1. The third-order valence-corrected chi connectivity index (χ3v) is 7.13. The fourth-order valence-electron chi connectivity index (χ4n) is 4.55. The second kappa shape index (κ2) is 12.7. The molecule has 8 heteroatoms. The van der Waals surface area contributed by atoms with E-state index in [-0.39, 0.29) is 11.8 Å². The highest BCUT2D eigenvalue weighted by atomic mass is 35.5. The van der Waals surface area contributed by atoms with E-state index in [0.717, 1.165) is 17.5 Å². The first kappa shape index (κ1) is 26.6. The van der Waals surface area contributed by atoms with Crippen molar-refractivity contribution in [3.8, 4) is 0 Å². The third kappa shape index (κ3) is 7.08. The molecule has 192 valence electrons. The lowest BCUT2D eigenvalue weighted by molar-refractivity contribution is -0.136. The van der Waals surface area contributed by atoms with Gasteiger partial charge in [-0.25, -0.2) is 0 Å². The van der Waals surface area contributed by atoms with Gasteiger partial charge in [-0.3, -0.25) is 9.59 Å². The van der Waals surface area contributed by atoms with Crippen LogP contribution in [0.25, 0.3) is 0 Å². The summed E-state index contributed by atoms with van der Waals surface area (Å²) in [6.45, 7) is 1.11. The molecule has 4 rings (SSSR count). The van der Waals surface area contributed by atoms with Crippen LogP contribution < -0.4 is 10.6 Å². The molecule has 0 aromatic heterocycles. The quantitative estimate of drug-likeness (QED) is 0.403. The van der Waals surface area contributed by atoms with Crippen molar-refractivity contribution in [2.24, 2.45) is 0 Å². The topological polar surface area (TPSA) is 64.7 Å². The highest BCUT2D eigenvalue weighted by Gasteiger charge is 2.35. The number of thiocarbonyl (C=S) groups is 1. The van der Waals surface area contributed by atoms with Gasteiger partial charge in [-0.15, -0.1) is 0 Å². The van der Waals surface area contributed by atoms with Crippen LogP contribution in [0.3, 0.4) is 0 Å². The molecule has 0 spiro atoms. The largest absolute Gasteiger partial charge is 0.342 e. The molecule has 0 unspecified atom stereocenters. The van der Waals surface area contributed by atoms with E-state index in [4.69, 9.17) is 23.8 Å². The van der Waals surface area contributed by atoms with Crippen molar-refractivity contribution in [3.63, 3.8) is 0 Å². The number of nitrogens with one attached hydrogen (secondary N) is 2. The summed E-state index contributed by atoms with van der Waals surface area (Å²) in [5.74, 6) is -0.342. The minimum absolute atomic E-state index is 0.137. The number of hydrogen-bond donors (Lipinski definition) is 2. The Balaban J connectivity index is 1.47. The van der Waals surface area contributed by atoms with Gasteiger partial charge in [0.25, 0.3) is 0 Å². The van der Waals surface area contributed by atoms with E-state index in [1.165, 1.54) is 0 Å². The van der Waals surface area contributed by atoms with Crippen LogP contribution in [0.15, 0.2) is 84.9 Å². The maximum atomic E-state index is 13.5. The molecule has 0 radical (unpaired) electrons. The summed E-state index contributed by atoms with van der Waals surface area (Å²) < 4.78 is 0.